The van der Waals surface area contributed by atoms with Crippen LogP contribution in [0.1, 0.15) is 44.1 Å². The van der Waals surface area contributed by atoms with Crippen molar-refractivity contribution >= 4 is 16.9 Å². The van der Waals surface area contributed by atoms with Gasteiger partial charge >= 0.3 is 0 Å². The highest BCUT2D eigenvalue weighted by Gasteiger charge is 2.27. The van der Waals surface area contributed by atoms with Crippen molar-refractivity contribution < 1.29 is 4.79 Å². The van der Waals surface area contributed by atoms with Gasteiger partial charge in [-0.15, -0.1) is 0 Å². The van der Waals surface area contributed by atoms with Crippen LogP contribution < -0.4 is 5.32 Å². The Morgan fingerprint density at radius 3 is 2.72 bits per heavy atom. The van der Waals surface area contributed by atoms with E-state index in [1.807, 2.05) is 24.3 Å². The van der Waals surface area contributed by atoms with Gasteiger partial charge < -0.3 is 9.88 Å². The summed E-state index contributed by atoms with van der Waals surface area (Å²) in [5.74, 6) is 1.29. The number of rotatable bonds is 6. The minimum absolute atomic E-state index is 0.0309. The van der Waals surface area contributed by atoms with Crippen molar-refractivity contribution in [3.05, 3.63) is 66.0 Å². The monoisotopic (exact) mass is 390 g/mol. The molecule has 0 bridgehead atoms. The SMILES string of the molecule is CCn1c(CN2CCC[C@H](C(=O)N[C@@H](C)c3ccccc3)C2)nc2ccccc21. The highest BCUT2D eigenvalue weighted by Crippen LogP contribution is 2.22. The molecule has 0 unspecified atom stereocenters. The Labute approximate surface area is 172 Å². The first-order valence-corrected chi connectivity index (χ1v) is 10.7. The van der Waals surface area contributed by atoms with Crippen molar-refractivity contribution in [2.24, 2.45) is 5.92 Å². The second kappa shape index (κ2) is 8.78. The van der Waals surface area contributed by atoms with Crippen LogP contribution in [0, 0.1) is 5.92 Å². The van der Waals surface area contributed by atoms with Crippen molar-refractivity contribution in [1.29, 1.82) is 0 Å². The molecule has 1 amide bonds. The number of benzene rings is 2. The van der Waals surface area contributed by atoms with Gasteiger partial charge in [-0.3, -0.25) is 9.69 Å². The van der Waals surface area contributed by atoms with Crippen LogP contribution in [0.25, 0.3) is 11.0 Å². The van der Waals surface area contributed by atoms with Gasteiger partial charge in [-0.05, 0) is 50.9 Å². The summed E-state index contributed by atoms with van der Waals surface area (Å²) in [6.07, 6.45) is 2.00. The number of fused-ring (bicyclic) bond motifs is 1. The summed E-state index contributed by atoms with van der Waals surface area (Å²) >= 11 is 0. The number of nitrogens with zero attached hydrogens (tertiary/aromatic N) is 3. The Morgan fingerprint density at radius 1 is 1.17 bits per heavy atom. The lowest BCUT2D eigenvalue weighted by molar-refractivity contribution is -0.127. The Balaban J connectivity index is 1.41. The Kier molecular flexibility index (Phi) is 5.95. The number of aryl methyl sites for hydroxylation is 1. The van der Waals surface area contributed by atoms with E-state index in [0.29, 0.717) is 0 Å². The standard InChI is InChI=1S/C24H30N4O/c1-3-28-22-14-8-7-13-21(22)26-23(28)17-27-15-9-12-20(16-27)24(29)25-18(2)19-10-5-4-6-11-19/h4-8,10-11,13-14,18,20H,3,9,12,15-17H2,1-2H3,(H,25,29)/t18-,20-/m0/s1. The Hall–Kier alpha value is -2.66. The fourth-order valence-electron chi connectivity index (χ4n) is 4.37. The van der Waals surface area contributed by atoms with E-state index in [0.717, 1.165) is 55.9 Å². The molecule has 0 spiro atoms. The molecule has 2 aromatic carbocycles. The van der Waals surface area contributed by atoms with Crippen molar-refractivity contribution in [3.8, 4) is 0 Å². The first kappa shape index (κ1) is 19.6. The largest absolute Gasteiger partial charge is 0.349 e. The van der Waals surface area contributed by atoms with Gasteiger partial charge in [0.15, 0.2) is 0 Å². The molecule has 5 nitrogen and oxygen atoms in total. The molecule has 29 heavy (non-hydrogen) atoms. The molecule has 2 atom stereocenters. The molecule has 0 saturated carbocycles. The van der Waals surface area contributed by atoms with Gasteiger partial charge in [0.2, 0.25) is 5.91 Å². The average Bonchev–Trinajstić information content (AvgIpc) is 3.11. The first-order valence-electron chi connectivity index (χ1n) is 10.7. The molecule has 1 aromatic heterocycles. The summed E-state index contributed by atoms with van der Waals surface area (Å²) in [6.45, 7) is 7.72. The number of amides is 1. The third kappa shape index (κ3) is 4.35. The molecule has 1 aliphatic rings. The van der Waals surface area contributed by atoms with E-state index < -0.39 is 0 Å². The minimum Gasteiger partial charge on any atom is -0.349 e. The van der Waals surface area contributed by atoms with Crippen molar-refractivity contribution in [1.82, 2.24) is 19.8 Å². The first-order chi connectivity index (χ1) is 14.2. The molecule has 1 N–H and O–H groups in total. The summed E-state index contributed by atoms with van der Waals surface area (Å²) < 4.78 is 2.29. The van der Waals surface area contributed by atoms with Crippen LogP contribution in [-0.4, -0.2) is 33.4 Å². The predicted octanol–water partition coefficient (Wildman–Crippen LogP) is 4.15. The third-order valence-corrected chi connectivity index (χ3v) is 5.95. The number of hydrogen-bond acceptors (Lipinski definition) is 3. The molecule has 0 radical (unpaired) electrons. The minimum atomic E-state index is 0.0309. The van der Waals surface area contributed by atoms with Crippen LogP contribution >= 0.6 is 0 Å². The highest BCUT2D eigenvalue weighted by atomic mass is 16.2. The van der Waals surface area contributed by atoms with E-state index in [1.54, 1.807) is 0 Å². The van der Waals surface area contributed by atoms with Gasteiger partial charge in [-0.25, -0.2) is 4.98 Å². The summed E-state index contributed by atoms with van der Waals surface area (Å²) in [4.78, 5) is 20.1. The molecule has 2 heterocycles. The number of carbonyl (C=O) groups is 1. The smallest absolute Gasteiger partial charge is 0.224 e. The van der Waals surface area contributed by atoms with Crippen LogP contribution in [-0.2, 0) is 17.9 Å². The number of hydrogen-bond donors (Lipinski definition) is 1. The van der Waals surface area contributed by atoms with Crippen LogP contribution in [0.3, 0.4) is 0 Å². The molecular formula is C24H30N4O. The van der Waals surface area contributed by atoms with E-state index >= 15 is 0 Å². The molecule has 152 valence electrons. The lowest BCUT2D eigenvalue weighted by Gasteiger charge is -2.32. The molecule has 5 heteroatoms. The summed E-state index contributed by atoms with van der Waals surface area (Å²) in [5.41, 5.74) is 3.38. The molecule has 4 rings (SSSR count). The van der Waals surface area contributed by atoms with Crippen LogP contribution in [0.4, 0.5) is 0 Å². The van der Waals surface area contributed by atoms with Crippen LogP contribution in [0.15, 0.2) is 54.6 Å². The Morgan fingerprint density at radius 2 is 1.93 bits per heavy atom. The fraction of sp³-hybridized carbons (Fsp3) is 0.417. The normalized spacial score (nSPS) is 18.6. The van der Waals surface area contributed by atoms with Crippen LogP contribution in [0.5, 0.6) is 0 Å². The molecule has 3 aromatic rings. The molecule has 0 aliphatic carbocycles. The molecule has 1 fully saturated rings. The average molecular weight is 391 g/mol. The number of piperidine rings is 1. The van der Waals surface area contributed by atoms with Crippen molar-refractivity contribution in [2.75, 3.05) is 13.1 Å². The zero-order valence-corrected chi connectivity index (χ0v) is 17.3. The number of likely N-dealkylation sites (tertiary alicyclic amines) is 1. The fourth-order valence-corrected chi connectivity index (χ4v) is 4.37. The zero-order valence-electron chi connectivity index (χ0n) is 17.3. The Bertz CT molecular complexity index is 965. The third-order valence-electron chi connectivity index (χ3n) is 5.95. The predicted molar refractivity (Wildman–Crippen MR) is 116 cm³/mol. The quantitative estimate of drug-likeness (QED) is 0.688. The summed E-state index contributed by atoms with van der Waals surface area (Å²) in [7, 11) is 0. The van der Waals surface area contributed by atoms with E-state index in [4.69, 9.17) is 4.98 Å². The van der Waals surface area contributed by atoms with E-state index in [2.05, 4.69) is 59.0 Å². The van der Waals surface area contributed by atoms with Gasteiger partial charge in [0.1, 0.15) is 5.82 Å². The molecule has 1 saturated heterocycles. The van der Waals surface area contributed by atoms with E-state index in [1.165, 1.54) is 5.52 Å². The number of imidazole rings is 1. The van der Waals surface area contributed by atoms with Gasteiger partial charge in [-0.2, -0.15) is 0 Å². The topological polar surface area (TPSA) is 50.2 Å². The second-order valence-electron chi connectivity index (χ2n) is 7.98. The maximum absolute atomic E-state index is 12.9. The molecule has 1 aliphatic heterocycles. The number of aromatic nitrogens is 2. The maximum atomic E-state index is 12.9. The maximum Gasteiger partial charge on any atom is 0.224 e. The number of para-hydroxylation sites is 2. The van der Waals surface area contributed by atoms with Gasteiger partial charge in [0.05, 0.1) is 29.5 Å². The van der Waals surface area contributed by atoms with Crippen molar-refractivity contribution in [2.45, 2.75) is 45.8 Å². The van der Waals surface area contributed by atoms with Crippen molar-refractivity contribution in [3.63, 3.8) is 0 Å². The van der Waals surface area contributed by atoms with E-state index in [-0.39, 0.29) is 17.9 Å². The highest BCUT2D eigenvalue weighted by molar-refractivity contribution is 5.79. The van der Waals surface area contributed by atoms with E-state index in [9.17, 15) is 4.79 Å². The summed E-state index contributed by atoms with van der Waals surface area (Å²) in [5, 5.41) is 3.21. The van der Waals surface area contributed by atoms with Gasteiger partial charge in [-0.1, -0.05) is 42.5 Å². The lowest BCUT2D eigenvalue weighted by atomic mass is 9.96. The number of nitrogens with one attached hydrogen (secondary N) is 1. The van der Waals surface area contributed by atoms with Crippen LogP contribution in [0.2, 0.25) is 0 Å². The second-order valence-corrected chi connectivity index (χ2v) is 7.98. The van der Waals surface area contributed by atoms with Gasteiger partial charge in [0, 0.05) is 13.1 Å². The number of carbonyl (C=O) groups excluding carboxylic acids is 1. The molecular weight excluding hydrogens is 360 g/mol. The summed E-state index contributed by atoms with van der Waals surface area (Å²) in [6, 6.07) is 18.5. The lowest BCUT2D eigenvalue weighted by Crippen LogP contribution is -2.43. The zero-order chi connectivity index (χ0) is 20.2. The van der Waals surface area contributed by atoms with Gasteiger partial charge in [0.25, 0.3) is 0 Å².